The molecule has 1 N–H and O–H groups in total. The third kappa shape index (κ3) is 1.84. The number of para-hydroxylation sites is 1. The number of hydrogen-bond donors (Lipinski definition) is 1. The number of piperazine rings is 1. The van der Waals surface area contributed by atoms with Crippen LogP contribution in [-0.4, -0.2) is 67.4 Å². The van der Waals surface area contributed by atoms with Crippen molar-refractivity contribution in [3.63, 3.8) is 0 Å². The van der Waals surface area contributed by atoms with Crippen LogP contribution in [0.25, 0.3) is 0 Å². The smallest absolute Gasteiger partial charge is 0.330 e. The summed E-state index contributed by atoms with van der Waals surface area (Å²) in [5.41, 5.74) is 0.803. The first kappa shape index (κ1) is 15.1. The molecule has 1 aromatic carbocycles. The molecule has 24 heavy (non-hydrogen) atoms. The first-order valence-electron chi connectivity index (χ1n) is 8.12. The van der Waals surface area contributed by atoms with Gasteiger partial charge in [-0.1, -0.05) is 18.2 Å². The Bertz CT molecular complexity index is 749. The van der Waals surface area contributed by atoms with E-state index in [2.05, 4.69) is 15.1 Å². The summed E-state index contributed by atoms with van der Waals surface area (Å²) >= 11 is 0. The molecule has 4 rings (SSSR count). The number of nitrogens with one attached hydrogen (secondary N) is 1. The van der Waals surface area contributed by atoms with Crippen LogP contribution < -0.4 is 10.2 Å². The van der Waals surface area contributed by atoms with Crippen LogP contribution in [0.15, 0.2) is 24.3 Å². The number of barbiturate groups is 1. The van der Waals surface area contributed by atoms with Crippen LogP contribution in [0.1, 0.15) is 5.56 Å². The van der Waals surface area contributed by atoms with Gasteiger partial charge in [0.15, 0.2) is 5.41 Å². The number of carbonyl (C=O) groups excluding carboxylic acids is 3. The zero-order valence-electron chi connectivity index (χ0n) is 13.8. The molecule has 2 atom stereocenters. The molecular weight excluding hydrogens is 308 g/mol. The minimum Gasteiger partial charge on any atom is -0.364 e. The van der Waals surface area contributed by atoms with E-state index in [4.69, 9.17) is 0 Å². The molecule has 0 bridgehead atoms. The fraction of sp³-hybridized carbons (Fsp3) is 0.471. The zero-order chi connectivity index (χ0) is 17.1. The van der Waals surface area contributed by atoms with Gasteiger partial charge in [-0.2, -0.15) is 0 Å². The number of fused-ring (bicyclic) bond motifs is 4. The number of amides is 4. The van der Waals surface area contributed by atoms with Gasteiger partial charge < -0.3 is 9.80 Å². The molecule has 3 aliphatic rings. The molecule has 0 radical (unpaired) electrons. The van der Waals surface area contributed by atoms with Crippen molar-refractivity contribution in [2.75, 3.05) is 38.6 Å². The van der Waals surface area contributed by atoms with Crippen molar-refractivity contribution in [2.24, 2.45) is 5.41 Å². The highest BCUT2D eigenvalue weighted by Gasteiger charge is 2.61. The SMILES string of the molecule is CN1CCN2c3ccccc3C[C@@]3(C(=O)NC(=O)N(C)C3=O)[C@@H]2C1. The van der Waals surface area contributed by atoms with E-state index < -0.39 is 23.3 Å². The molecule has 7 nitrogen and oxygen atoms in total. The van der Waals surface area contributed by atoms with Crippen molar-refractivity contribution in [1.29, 1.82) is 0 Å². The molecule has 2 saturated heterocycles. The fourth-order valence-electron chi connectivity index (χ4n) is 4.22. The highest BCUT2D eigenvalue weighted by molar-refractivity contribution is 6.20. The van der Waals surface area contributed by atoms with Crippen molar-refractivity contribution >= 4 is 23.5 Å². The summed E-state index contributed by atoms with van der Waals surface area (Å²) < 4.78 is 0. The lowest BCUT2D eigenvalue weighted by Gasteiger charge is -2.54. The molecule has 3 aliphatic heterocycles. The van der Waals surface area contributed by atoms with Gasteiger partial charge in [0.2, 0.25) is 11.8 Å². The number of rotatable bonds is 0. The van der Waals surface area contributed by atoms with Crippen molar-refractivity contribution in [2.45, 2.75) is 12.5 Å². The highest BCUT2D eigenvalue weighted by Crippen LogP contribution is 2.45. The Morgan fingerprint density at radius 1 is 1.12 bits per heavy atom. The van der Waals surface area contributed by atoms with Gasteiger partial charge in [-0.05, 0) is 25.1 Å². The van der Waals surface area contributed by atoms with Crippen molar-refractivity contribution in [1.82, 2.24) is 15.1 Å². The first-order valence-corrected chi connectivity index (χ1v) is 8.12. The third-order valence-corrected chi connectivity index (χ3v) is 5.54. The quantitative estimate of drug-likeness (QED) is 0.682. The van der Waals surface area contributed by atoms with Gasteiger partial charge in [0.1, 0.15) is 0 Å². The predicted molar refractivity (Wildman–Crippen MR) is 87.5 cm³/mol. The van der Waals surface area contributed by atoms with Gasteiger partial charge in [-0.15, -0.1) is 0 Å². The minimum absolute atomic E-state index is 0.283. The van der Waals surface area contributed by atoms with Gasteiger partial charge in [0, 0.05) is 32.4 Å². The Balaban J connectivity index is 1.89. The Morgan fingerprint density at radius 3 is 2.67 bits per heavy atom. The van der Waals surface area contributed by atoms with E-state index in [1.54, 1.807) is 0 Å². The maximum atomic E-state index is 13.1. The second kappa shape index (κ2) is 5.04. The standard InChI is InChI=1S/C17H20N4O3/c1-19-7-8-21-12-6-4-3-5-11(12)9-17(13(21)10-19)14(22)18-16(24)20(2)15(17)23/h3-6,13H,7-10H2,1-2H3,(H,18,22,24)/t13-,17-/m0/s1. The highest BCUT2D eigenvalue weighted by atomic mass is 16.2. The normalized spacial score (nSPS) is 30.2. The number of benzene rings is 1. The summed E-state index contributed by atoms with van der Waals surface area (Å²) in [6.07, 6.45) is 0.320. The van der Waals surface area contributed by atoms with E-state index in [1.807, 2.05) is 31.3 Å². The summed E-state index contributed by atoms with van der Waals surface area (Å²) in [7, 11) is 3.43. The minimum atomic E-state index is -1.26. The topological polar surface area (TPSA) is 73.0 Å². The van der Waals surface area contributed by atoms with Crippen LogP contribution >= 0.6 is 0 Å². The lowest BCUT2D eigenvalue weighted by Crippen LogP contribution is -2.74. The summed E-state index contributed by atoms with van der Waals surface area (Å²) in [5.74, 6) is -0.883. The van der Waals surface area contributed by atoms with Crippen LogP contribution in [0.5, 0.6) is 0 Å². The lowest BCUT2D eigenvalue weighted by molar-refractivity contribution is -0.153. The molecule has 2 fully saturated rings. The molecule has 0 unspecified atom stereocenters. The van der Waals surface area contributed by atoms with Crippen molar-refractivity contribution in [3.05, 3.63) is 29.8 Å². The second-order valence-electron chi connectivity index (χ2n) is 6.87. The first-order chi connectivity index (χ1) is 11.4. The average molecular weight is 328 g/mol. The lowest BCUT2D eigenvalue weighted by atomic mass is 9.68. The van der Waals surface area contributed by atoms with Crippen LogP contribution in [0, 0.1) is 5.41 Å². The Hall–Kier alpha value is -2.41. The number of anilines is 1. The third-order valence-electron chi connectivity index (χ3n) is 5.54. The molecule has 0 saturated carbocycles. The number of carbonyl (C=O) groups is 3. The number of imide groups is 2. The number of urea groups is 1. The molecule has 3 heterocycles. The largest absolute Gasteiger partial charge is 0.364 e. The Kier molecular flexibility index (Phi) is 3.18. The van der Waals surface area contributed by atoms with Crippen LogP contribution in [0.4, 0.5) is 10.5 Å². The molecule has 4 amide bonds. The average Bonchev–Trinajstić information content (AvgIpc) is 2.58. The van der Waals surface area contributed by atoms with E-state index in [0.717, 1.165) is 29.2 Å². The summed E-state index contributed by atoms with van der Waals surface area (Å²) in [6, 6.07) is 6.97. The van der Waals surface area contributed by atoms with Crippen LogP contribution in [0.2, 0.25) is 0 Å². The van der Waals surface area contributed by atoms with Gasteiger partial charge >= 0.3 is 6.03 Å². The number of likely N-dealkylation sites (N-methyl/N-ethyl adjacent to an activating group) is 1. The van der Waals surface area contributed by atoms with E-state index >= 15 is 0 Å². The van der Waals surface area contributed by atoms with Crippen LogP contribution in [0.3, 0.4) is 0 Å². The van der Waals surface area contributed by atoms with Gasteiger partial charge in [-0.25, -0.2) is 4.79 Å². The summed E-state index contributed by atoms with van der Waals surface area (Å²) in [6.45, 7) is 2.22. The molecular formula is C17H20N4O3. The molecule has 0 aliphatic carbocycles. The number of hydrogen-bond acceptors (Lipinski definition) is 5. The number of nitrogens with zero attached hydrogens (tertiary/aromatic N) is 3. The van der Waals surface area contributed by atoms with E-state index in [9.17, 15) is 14.4 Å². The monoisotopic (exact) mass is 328 g/mol. The summed E-state index contributed by atoms with van der Waals surface area (Å²) in [5, 5.41) is 2.38. The molecule has 1 aromatic rings. The van der Waals surface area contributed by atoms with E-state index in [0.29, 0.717) is 13.0 Å². The van der Waals surface area contributed by atoms with E-state index in [-0.39, 0.29) is 6.04 Å². The maximum absolute atomic E-state index is 13.1. The predicted octanol–water partition coefficient (Wildman–Crippen LogP) is 0.0577. The molecule has 0 aromatic heterocycles. The molecule has 7 heteroatoms. The van der Waals surface area contributed by atoms with Gasteiger partial charge in [0.05, 0.1) is 6.04 Å². The molecule has 126 valence electrons. The van der Waals surface area contributed by atoms with Crippen molar-refractivity contribution < 1.29 is 14.4 Å². The van der Waals surface area contributed by atoms with E-state index in [1.165, 1.54) is 7.05 Å². The van der Waals surface area contributed by atoms with Gasteiger partial charge in [0.25, 0.3) is 0 Å². The molecule has 1 spiro atoms. The zero-order valence-corrected chi connectivity index (χ0v) is 13.8. The van der Waals surface area contributed by atoms with Crippen LogP contribution in [-0.2, 0) is 16.0 Å². The Labute approximate surface area is 140 Å². The Morgan fingerprint density at radius 2 is 1.88 bits per heavy atom. The van der Waals surface area contributed by atoms with Gasteiger partial charge in [-0.3, -0.25) is 19.8 Å². The second-order valence-corrected chi connectivity index (χ2v) is 6.87. The fourth-order valence-corrected chi connectivity index (χ4v) is 4.22. The maximum Gasteiger partial charge on any atom is 0.330 e. The summed E-state index contributed by atoms with van der Waals surface area (Å²) in [4.78, 5) is 43.2. The van der Waals surface area contributed by atoms with Crippen molar-refractivity contribution in [3.8, 4) is 0 Å².